The Bertz CT molecular complexity index is 588. The minimum absolute atomic E-state index is 0.00660. The van der Waals surface area contributed by atoms with Crippen molar-refractivity contribution in [2.75, 3.05) is 0 Å². The van der Waals surface area contributed by atoms with Crippen molar-refractivity contribution in [2.45, 2.75) is 37.1 Å². The monoisotopic (exact) mass is 289 g/mol. The third kappa shape index (κ3) is 2.94. The maximum Gasteiger partial charge on any atom is 0.115 e. The van der Waals surface area contributed by atoms with Crippen molar-refractivity contribution >= 4 is 0 Å². The Hall–Kier alpha value is -1.83. The van der Waals surface area contributed by atoms with Crippen molar-refractivity contribution in [2.24, 2.45) is 7.05 Å². The summed E-state index contributed by atoms with van der Waals surface area (Å²) in [7, 11) is 1.86. The second-order valence-corrected chi connectivity index (χ2v) is 5.50. The van der Waals surface area contributed by atoms with E-state index < -0.39 is 12.2 Å². The van der Waals surface area contributed by atoms with E-state index in [-0.39, 0.29) is 12.0 Å². The van der Waals surface area contributed by atoms with Crippen molar-refractivity contribution in [1.82, 2.24) is 25.1 Å². The van der Waals surface area contributed by atoms with Crippen LogP contribution in [0.2, 0.25) is 0 Å². The van der Waals surface area contributed by atoms with Crippen LogP contribution in [-0.4, -0.2) is 48.2 Å². The number of aryl methyl sites for hydroxylation is 1. The molecular weight excluding hydrogens is 270 g/mol. The van der Waals surface area contributed by atoms with Crippen molar-refractivity contribution in [3.8, 4) is 0 Å². The van der Waals surface area contributed by atoms with Crippen LogP contribution in [0, 0.1) is 0 Å². The molecule has 1 fully saturated rings. The van der Waals surface area contributed by atoms with Gasteiger partial charge in [-0.1, -0.05) is 0 Å². The smallest absolute Gasteiger partial charge is 0.115 e. The molecule has 3 rings (SSSR count). The fraction of sp³-hybridized carbons (Fsp3) is 0.500. The highest BCUT2D eigenvalue weighted by atomic mass is 16.3. The molecule has 0 saturated heterocycles. The standard InChI is InChI=1S/C14H19N5O2/c1-19-7-9(4-18-19)3-17-13-11(2-12(20)14(13)21)10-5-15-8-16-6-10/h4-8,11-14,17,20-21H,2-3H2,1H3/t11-,12-,13-,14-/m1/s1. The topological polar surface area (TPSA) is 96.1 Å². The Balaban J connectivity index is 1.73. The van der Waals surface area contributed by atoms with Crippen LogP contribution in [0.4, 0.5) is 0 Å². The first-order chi connectivity index (χ1) is 10.1. The molecule has 3 N–H and O–H groups in total. The van der Waals surface area contributed by atoms with E-state index in [2.05, 4.69) is 20.4 Å². The maximum absolute atomic E-state index is 10.2. The lowest BCUT2D eigenvalue weighted by molar-refractivity contribution is 0.0297. The van der Waals surface area contributed by atoms with E-state index in [1.54, 1.807) is 23.3 Å². The Morgan fingerprint density at radius 3 is 2.71 bits per heavy atom. The van der Waals surface area contributed by atoms with Crippen molar-refractivity contribution < 1.29 is 10.2 Å². The highest BCUT2D eigenvalue weighted by Gasteiger charge is 2.42. The van der Waals surface area contributed by atoms with Gasteiger partial charge in [-0.25, -0.2) is 9.97 Å². The lowest BCUT2D eigenvalue weighted by atomic mass is 9.96. The van der Waals surface area contributed by atoms with E-state index in [0.717, 1.165) is 11.1 Å². The molecular formula is C14H19N5O2. The quantitative estimate of drug-likeness (QED) is 0.707. The molecule has 0 unspecified atom stereocenters. The largest absolute Gasteiger partial charge is 0.390 e. The van der Waals surface area contributed by atoms with Crippen LogP contribution >= 0.6 is 0 Å². The summed E-state index contributed by atoms with van der Waals surface area (Å²) in [5.41, 5.74) is 1.96. The summed E-state index contributed by atoms with van der Waals surface area (Å²) in [6.07, 6.45) is 7.62. The second kappa shape index (κ2) is 5.88. The van der Waals surface area contributed by atoms with Crippen molar-refractivity contribution in [1.29, 1.82) is 0 Å². The summed E-state index contributed by atoms with van der Waals surface area (Å²) < 4.78 is 1.74. The van der Waals surface area contributed by atoms with Gasteiger partial charge in [-0.3, -0.25) is 4.68 Å². The van der Waals surface area contributed by atoms with Gasteiger partial charge in [0.05, 0.1) is 18.4 Å². The van der Waals surface area contributed by atoms with Gasteiger partial charge in [-0.05, 0) is 12.0 Å². The molecule has 1 saturated carbocycles. The predicted molar refractivity (Wildman–Crippen MR) is 75.2 cm³/mol. The number of aliphatic hydroxyl groups is 2. The summed E-state index contributed by atoms with van der Waals surface area (Å²) in [5, 5.41) is 27.6. The lowest BCUT2D eigenvalue weighted by Gasteiger charge is -2.23. The third-order valence-electron chi connectivity index (χ3n) is 4.00. The number of aliphatic hydroxyl groups excluding tert-OH is 2. The Kier molecular flexibility index (Phi) is 3.96. The molecule has 2 heterocycles. The number of nitrogens with one attached hydrogen (secondary N) is 1. The molecule has 1 aliphatic carbocycles. The molecule has 0 radical (unpaired) electrons. The van der Waals surface area contributed by atoms with E-state index in [4.69, 9.17) is 0 Å². The molecule has 0 amide bonds. The first-order valence-corrected chi connectivity index (χ1v) is 6.97. The van der Waals surface area contributed by atoms with E-state index in [9.17, 15) is 10.2 Å². The van der Waals surface area contributed by atoms with Gasteiger partial charge < -0.3 is 15.5 Å². The zero-order valence-electron chi connectivity index (χ0n) is 11.8. The van der Waals surface area contributed by atoms with Crippen LogP contribution in [0.5, 0.6) is 0 Å². The average molecular weight is 289 g/mol. The lowest BCUT2D eigenvalue weighted by Crippen LogP contribution is -2.41. The van der Waals surface area contributed by atoms with E-state index in [1.165, 1.54) is 6.33 Å². The maximum atomic E-state index is 10.2. The zero-order chi connectivity index (χ0) is 14.8. The SMILES string of the molecule is Cn1cc(CN[C@H]2[C@H](O)[C@H](O)C[C@@H]2c2cncnc2)cn1. The molecule has 7 heteroatoms. The van der Waals surface area contributed by atoms with Crippen LogP contribution in [-0.2, 0) is 13.6 Å². The molecule has 2 aromatic rings. The third-order valence-corrected chi connectivity index (χ3v) is 4.00. The molecule has 7 nitrogen and oxygen atoms in total. The number of hydrogen-bond donors (Lipinski definition) is 3. The fourth-order valence-electron chi connectivity index (χ4n) is 2.93. The number of rotatable bonds is 4. The molecule has 2 aromatic heterocycles. The number of hydrogen-bond acceptors (Lipinski definition) is 6. The molecule has 0 bridgehead atoms. The molecule has 0 aliphatic heterocycles. The van der Waals surface area contributed by atoms with Crippen molar-refractivity contribution in [3.63, 3.8) is 0 Å². The second-order valence-electron chi connectivity index (χ2n) is 5.50. The molecule has 0 spiro atoms. The molecule has 21 heavy (non-hydrogen) atoms. The number of nitrogens with zero attached hydrogens (tertiary/aromatic N) is 4. The van der Waals surface area contributed by atoms with Crippen LogP contribution in [0.25, 0.3) is 0 Å². The minimum atomic E-state index is -0.799. The Morgan fingerprint density at radius 1 is 1.29 bits per heavy atom. The summed E-state index contributed by atoms with van der Waals surface area (Å²) in [6.45, 7) is 0.590. The van der Waals surface area contributed by atoms with Gasteiger partial charge in [0.25, 0.3) is 0 Å². The Labute approximate surface area is 122 Å². The van der Waals surface area contributed by atoms with Gasteiger partial charge in [-0.2, -0.15) is 5.10 Å². The Morgan fingerprint density at radius 2 is 2.05 bits per heavy atom. The summed E-state index contributed by atoms with van der Waals surface area (Å²) >= 11 is 0. The number of aromatic nitrogens is 4. The van der Waals surface area contributed by atoms with E-state index >= 15 is 0 Å². The highest BCUT2D eigenvalue weighted by molar-refractivity contribution is 5.19. The van der Waals surface area contributed by atoms with Gasteiger partial charge >= 0.3 is 0 Å². The van der Waals surface area contributed by atoms with E-state index in [0.29, 0.717) is 13.0 Å². The fourth-order valence-corrected chi connectivity index (χ4v) is 2.93. The van der Waals surface area contributed by atoms with Gasteiger partial charge in [0.15, 0.2) is 0 Å². The van der Waals surface area contributed by atoms with Gasteiger partial charge in [0, 0.05) is 49.7 Å². The first-order valence-electron chi connectivity index (χ1n) is 6.97. The predicted octanol–water partition coefficient (Wildman–Crippen LogP) is -0.422. The summed E-state index contributed by atoms with van der Waals surface area (Å²) in [6, 6.07) is -0.230. The van der Waals surface area contributed by atoms with Crippen LogP contribution in [0.1, 0.15) is 23.5 Å². The van der Waals surface area contributed by atoms with Crippen LogP contribution in [0.3, 0.4) is 0 Å². The van der Waals surface area contributed by atoms with Gasteiger partial charge in [0.2, 0.25) is 0 Å². The van der Waals surface area contributed by atoms with Crippen LogP contribution < -0.4 is 5.32 Å². The molecule has 1 aliphatic rings. The first kappa shape index (κ1) is 14.1. The van der Waals surface area contributed by atoms with Gasteiger partial charge in [-0.15, -0.1) is 0 Å². The normalized spacial score (nSPS) is 28.9. The van der Waals surface area contributed by atoms with Gasteiger partial charge in [0.1, 0.15) is 6.33 Å². The molecule has 0 aromatic carbocycles. The minimum Gasteiger partial charge on any atom is -0.390 e. The van der Waals surface area contributed by atoms with E-state index in [1.807, 2.05) is 13.2 Å². The highest BCUT2D eigenvalue weighted by Crippen LogP contribution is 2.34. The van der Waals surface area contributed by atoms with Crippen molar-refractivity contribution in [3.05, 3.63) is 42.2 Å². The molecule has 4 atom stereocenters. The van der Waals surface area contributed by atoms with Crippen LogP contribution in [0.15, 0.2) is 31.1 Å². The summed E-state index contributed by atoms with van der Waals surface area (Å²) in [4.78, 5) is 8.04. The zero-order valence-corrected chi connectivity index (χ0v) is 11.8. The average Bonchev–Trinajstić information content (AvgIpc) is 3.03. The molecule has 112 valence electrons. The summed E-state index contributed by atoms with van der Waals surface area (Å²) in [5.74, 6) is -0.00660.